The Morgan fingerprint density at radius 3 is 2.73 bits per heavy atom. The van der Waals surface area contributed by atoms with Crippen LogP contribution in [0.2, 0.25) is 0 Å². The second-order valence-electron chi connectivity index (χ2n) is 6.05. The Morgan fingerprint density at radius 1 is 1.41 bits per heavy atom. The van der Waals surface area contributed by atoms with Crippen molar-refractivity contribution in [2.75, 3.05) is 12.4 Å². The van der Waals surface area contributed by atoms with Crippen LogP contribution in [0.1, 0.15) is 65.7 Å². The van der Waals surface area contributed by atoms with Gasteiger partial charge in [0.15, 0.2) is 0 Å². The molecular weight excluding hydrogens is 314 g/mol. The van der Waals surface area contributed by atoms with Crippen molar-refractivity contribution in [2.45, 2.75) is 71.0 Å². The Balaban J connectivity index is 2.45. The number of allylic oxidation sites excluding steroid dienone is 2. The molecule has 1 aliphatic rings. The third-order valence-corrected chi connectivity index (χ3v) is 5.49. The van der Waals surface area contributed by atoms with Crippen LogP contribution in [0.25, 0.3) is 0 Å². The van der Waals surface area contributed by atoms with Crippen LogP contribution in [-0.2, 0) is 4.84 Å². The fourth-order valence-corrected chi connectivity index (χ4v) is 4.20. The number of rotatable bonds is 10. The molecule has 128 valence electrons. The number of halogens is 1. The lowest BCUT2D eigenvalue weighted by atomic mass is 9.82. The van der Waals surface area contributed by atoms with E-state index in [-0.39, 0.29) is 0 Å². The maximum Gasteiger partial charge on any atom is 0.0938 e. The van der Waals surface area contributed by atoms with Gasteiger partial charge >= 0.3 is 0 Å². The van der Waals surface area contributed by atoms with Gasteiger partial charge in [0.2, 0.25) is 0 Å². The quantitative estimate of drug-likeness (QED) is 0.385. The highest BCUT2D eigenvalue weighted by Crippen LogP contribution is 2.35. The summed E-state index contributed by atoms with van der Waals surface area (Å²) in [6, 6.07) is 0. The molecular formula is C18H32ClNOS. The monoisotopic (exact) mass is 345 g/mol. The fraction of sp³-hybridized carbons (Fsp3) is 0.778. The summed E-state index contributed by atoms with van der Waals surface area (Å²) in [6.07, 6.45) is 10.5. The first kappa shape index (κ1) is 19.9. The largest absolute Gasteiger partial charge is 0.272 e. The Hall–Kier alpha value is -0.120. The van der Waals surface area contributed by atoms with E-state index in [1.165, 1.54) is 49.1 Å². The summed E-state index contributed by atoms with van der Waals surface area (Å²) in [5.41, 5.74) is 7.54. The van der Waals surface area contributed by atoms with Gasteiger partial charge in [-0.25, -0.2) is 0 Å². The van der Waals surface area contributed by atoms with Crippen molar-refractivity contribution >= 4 is 23.4 Å². The van der Waals surface area contributed by atoms with Crippen molar-refractivity contribution in [3.05, 3.63) is 22.9 Å². The van der Waals surface area contributed by atoms with Gasteiger partial charge in [-0.05, 0) is 61.8 Å². The van der Waals surface area contributed by atoms with Crippen molar-refractivity contribution < 1.29 is 4.84 Å². The Bertz CT molecular complexity index is 347. The van der Waals surface area contributed by atoms with Crippen LogP contribution >= 0.6 is 23.4 Å². The van der Waals surface area contributed by atoms with Crippen molar-refractivity contribution in [1.29, 1.82) is 0 Å². The topological polar surface area (TPSA) is 21.3 Å². The van der Waals surface area contributed by atoms with Gasteiger partial charge in [0.05, 0.1) is 6.61 Å². The Morgan fingerprint density at radius 2 is 2.14 bits per heavy atom. The average molecular weight is 346 g/mol. The Labute approximate surface area is 146 Å². The van der Waals surface area contributed by atoms with Gasteiger partial charge in [0.1, 0.15) is 0 Å². The minimum Gasteiger partial charge on any atom is -0.272 e. The van der Waals surface area contributed by atoms with E-state index >= 15 is 0 Å². The SMILES string of the molecule is CCCC(NOCC=CCl)=C1CCC(CC(C)SCC)CC1. The Kier molecular flexibility index (Phi) is 11.2. The minimum absolute atomic E-state index is 0.512. The lowest BCUT2D eigenvalue weighted by Gasteiger charge is -2.28. The van der Waals surface area contributed by atoms with Crippen molar-refractivity contribution in [1.82, 2.24) is 5.48 Å². The molecule has 0 bridgehead atoms. The molecule has 0 spiro atoms. The van der Waals surface area contributed by atoms with E-state index in [0.29, 0.717) is 6.61 Å². The van der Waals surface area contributed by atoms with Gasteiger partial charge in [0.25, 0.3) is 0 Å². The van der Waals surface area contributed by atoms with Crippen molar-refractivity contribution in [3.8, 4) is 0 Å². The molecule has 1 atom stereocenters. The van der Waals surface area contributed by atoms with Gasteiger partial charge in [-0.15, -0.1) is 0 Å². The zero-order valence-electron chi connectivity index (χ0n) is 14.4. The highest BCUT2D eigenvalue weighted by atomic mass is 35.5. The van der Waals surface area contributed by atoms with Crippen LogP contribution in [0.3, 0.4) is 0 Å². The van der Waals surface area contributed by atoms with E-state index in [9.17, 15) is 0 Å². The summed E-state index contributed by atoms with van der Waals surface area (Å²) in [5, 5.41) is 0.805. The van der Waals surface area contributed by atoms with Gasteiger partial charge in [-0.1, -0.05) is 38.8 Å². The van der Waals surface area contributed by atoms with Gasteiger partial charge in [-0.3, -0.25) is 10.3 Å². The zero-order valence-corrected chi connectivity index (χ0v) is 15.9. The van der Waals surface area contributed by atoms with Gasteiger partial charge < -0.3 is 0 Å². The maximum absolute atomic E-state index is 5.50. The first-order chi connectivity index (χ1) is 10.7. The summed E-state index contributed by atoms with van der Waals surface area (Å²) in [4.78, 5) is 5.48. The van der Waals surface area contributed by atoms with E-state index < -0.39 is 0 Å². The molecule has 0 radical (unpaired) electrons. The molecule has 2 nitrogen and oxygen atoms in total. The molecule has 1 rings (SSSR count). The first-order valence-electron chi connectivity index (χ1n) is 8.66. The lowest BCUT2D eigenvalue weighted by Crippen LogP contribution is -2.20. The number of nitrogens with one attached hydrogen (secondary N) is 1. The molecule has 0 aromatic heterocycles. The van der Waals surface area contributed by atoms with Gasteiger partial charge in [0, 0.05) is 16.5 Å². The smallest absolute Gasteiger partial charge is 0.0938 e. The summed E-state index contributed by atoms with van der Waals surface area (Å²) >= 11 is 7.60. The van der Waals surface area contributed by atoms with Crippen LogP contribution in [-0.4, -0.2) is 17.6 Å². The summed E-state index contributed by atoms with van der Waals surface area (Å²) in [5.74, 6) is 2.14. The molecule has 0 aliphatic heterocycles. The molecule has 22 heavy (non-hydrogen) atoms. The maximum atomic E-state index is 5.50. The average Bonchev–Trinajstić information content (AvgIpc) is 2.51. The van der Waals surface area contributed by atoms with Crippen LogP contribution in [0.5, 0.6) is 0 Å². The van der Waals surface area contributed by atoms with Crippen LogP contribution in [0.15, 0.2) is 22.9 Å². The summed E-state index contributed by atoms with van der Waals surface area (Å²) in [6.45, 7) is 7.36. The predicted octanol–water partition coefficient (Wildman–Crippen LogP) is 6.04. The molecule has 1 fully saturated rings. The lowest BCUT2D eigenvalue weighted by molar-refractivity contribution is 0.0817. The second kappa shape index (κ2) is 12.3. The summed E-state index contributed by atoms with van der Waals surface area (Å²) in [7, 11) is 0. The third kappa shape index (κ3) is 7.94. The number of hydrogen-bond donors (Lipinski definition) is 1. The standard InChI is InChI=1S/C18H32ClNOS/c1-4-7-18(20-21-13-6-12-19)17-10-8-16(9-11-17)14-15(3)22-5-2/h6,12,15-16,20H,4-5,7-11,13-14H2,1-3H3. The molecule has 0 amide bonds. The third-order valence-electron chi connectivity index (χ3n) is 4.22. The molecule has 1 saturated carbocycles. The first-order valence-corrected chi connectivity index (χ1v) is 10.1. The normalized spacial score (nSPS) is 20.4. The molecule has 0 aromatic rings. The molecule has 1 aliphatic carbocycles. The van der Waals surface area contributed by atoms with E-state index in [4.69, 9.17) is 16.4 Å². The number of thioether (sulfide) groups is 1. The van der Waals surface area contributed by atoms with E-state index in [1.807, 2.05) is 0 Å². The highest BCUT2D eigenvalue weighted by Gasteiger charge is 2.21. The van der Waals surface area contributed by atoms with E-state index in [2.05, 4.69) is 38.0 Å². The molecule has 0 saturated heterocycles. The highest BCUT2D eigenvalue weighted by molar-refractivity contribution is 7.99. The summed E-state index contributed by atoms with van der Waals surface area (Å²) < 4.78 is 0. The predicted molar refractivity (Wildman–Crippen MR) is 100 cm³/mol. The van der Waals surface area contributed by atoms with Crippen LogP contribution < -0.4 is 5.48 Å². The zero-order chi connectivity index (χ0) is 16.2. The molecule has 1 unspecified atom stereocenters. The molecule has 1 N–H and O–H groups in total. The van der Waals surface area contributed by atoms with Crippen LogP contribution in [0.4, 0.5) is 0 Å². The number of hydroxylamine groups is 1. The number of hydrogen-bond acceptors (Lipinski definition) is 3. The minimum atomic E-state index is 0.512. The molecule has 0 aromatic carbocycles. The van der Waals surface area contributed by atoms with E-state index in [1.54, 1.807) is 11.6 Å². The molecule has 4 heteroatoms. The fourth-order valence-electron chi connectivity index (χ4n) is 3.15. The van der Waals surface area contributed by atoms with Crippen LogP contribution in [0, 0.1) is 5.92 Å². The van der Waals surface area contributed by atoms with Gasteiger partial charge in [-0.2, -0.15) is 11.8 Å². The molecule has 0 heterocycles. The van der Waals surface area contributed by atoms with E-state index in [0.717, 1.165) is 24.0 Å². The van der Waals surface area contributed by atoms with Crippen molar-refractivity contribution in [2.24, 2.45) is 5.92 Å². The van der Waals surface area contributed by atoms with Crippen molar-refractivity contribution in [3.63, 3.8) is 0 Å². The second-order valence-corrected chi connectivity index (χ2v) is 8.02.